The summed E-state index contributed by atoms with van der Waals surface area (Å²) < 4.78 is 5.19. The van der Waals surface area contributed by atoms with Crippen LogP contribution in [0.2, 0.25) is 0 Å². The molecule has 0 saturated heterocycles. The van der Waals surface area contributed by atoms with Gasteiger partial charge in [-0.05, 0) is 31.2 Å². The maximum absolute atomic E-state index is 12.3. The molecule has 0 aliphatic rings. The van der Waals surface area contributed by atoms with Gasteiger partial charge in [-0.15, -0.1) is 0 Å². The molecule has 0 saturated carbocycles. The lowest BCUT2D eigenvalue weighted by Gasteiger charge is -2.15. The normalized spacial score (nSPS) is 11.6. The summed E-state index contributed by atoms with van der Waals surface area (Å²) >= 11 is 0. The van der Waals surface area contributed by atoms with Gasteiger partial charge >= 0.3 is 0 Å². The Morgan fingerprint density at radius 2 is 2.00 bits per heavy atom. The number of rotatable bonds is 6. The number of ether oxygens (including phenoxy) is 1. The Hall–Kier alpha value is -2.53. The molecule has 1 atom stereocenters. The Balaban J connectivity index is 2.22. The number of amides is 1. The molecule has 2 aromatic rings. The van der Waals surface area contributed by atoms with Gasteiger partial charge in [-0.25, -0.2) is 0 Å². The number of para-hydroxylation sites is 1. The molecule has 2 aromatic carbocycles. The average molecular weight is 300 g/mol. The third-order valence-electron chi connectivity index (χ3n) is 3.17. The van der Waals surface area contributed by atoms with E-state index in [0.29, 0.717) is 11.3 Å². The van der Waals surface area contributed by atoms with Crippen molar-refractivity contribution in [3.05, 3.63) is 54.1 Å². The number of carbonyl (C=O) groups excluding carboxylic acids is 1. The number of hydrogen-bond donors (Lipinski definition) is 3. The van der Waals surface area contributed by atoms with Crippen LogP contribution in [0.1, 0.15) is 17.3 Å². The number of aliphatic hydroxyl groups excluding tert-OH is 1. The molecular formula is C17H20N2O3. The zero-order valence-corrected chi connectivity index (χ0v) is 12.7. The van der Waals surface area contributed by atoms with Crippen LogP contribution in [-0.4, -0.2) is 30.8 Å². The van der Waals surface area contributed by atoms with Gasteiger partial charge in [0, 0.05) is 17.8 Å². The third kappa shape index (κ3) is 3.99. The zero-order valence-electron chi connectivity index (χ0n) is 12.7. The highest BCUT2D eigenvalue weighted by atomic mass is 16.5. The molecule has 0 aliphatic carbocycles. The summed E-state index contributed by atoms with van der Waals surface area (Å²) in [7, 11) is 1.61. The molecule has 0 fully saturated rings. The number of anilines is 2. The number of hydrogen-bond acceptors (Lipinski definition) is 4. The monoisotopic (exact) mass is 300 g/mol. The van der Waals surface area contributed by atoms with Gasteiger partial charge in [0.2, 0.25) is 0 Å². The molecule has 0 aromatic heterocycles. The highest BCUT2D eigenvalue weighted by Gasteiger charge is 2.13. The van der Waals surface area contributed by atoms with Crippen LogP contribution in [0.4, 0.5) is 11.4 Å². The van der Waals surface area contributed by atoms with Crippen LogP contribution in [-0.2, 0) is 0 Å². The number of aliphatic hydroxyl groups is 1. The first kappa shape index (κ1) is 15.9. The molecule has 1 unspecified atom stereocenters. The molecule has 2 rings (SSSR count). The predicted molar refractivity (Wildman–Crippen MR) is 86.7 cm³/mol. The van der Waals surface area contributed by atoms with Gasteiger partial charge in [-0.2, -0.15) is 0 Å². The average Bonchev–Trinajstić information content (AvgIpc) is 2.55. The second-order valence-electron chi connectivity index (χ2n) is 4.96. The van der Waals surface area contributed by atoms with Gasteiger partial charge in [0.05, 0.1) is 25.0 Å². The first-order valence-corrected chi connectivity index (χ1v) is 7.06. The smallest absolute Gasteiger partial charge is 0.253 e. The Morgan fingerprint density at radius 3 is 2.73 bits per heavy atom. The number of benzene rings is 2. The number of methoxy groups -OCH3 is 1. The molecule has 22 heavy (non-hydrogen) atoms. The third-order valence-corrected chi connectivity index (χ3v) is 3.17. The molecule has 3 N–H and O–H groups in total. The van der Waals surface area contributed by atoms with Crippen molar-refractivity contribution in [2.75, 3.05) is 19.0 Å². The summed E-state index contributed by atoms with van der Waals surface area (Å²) in [6.45, 7) is 1.65. The predicted octanol–water partition coefficient (Wildman–Crippen LogP) is 2.55. The van der Waals surface area contributed by atoms with Gasteiger partial charge < -0.3 is 20.5 Å². The molecule has 5 heteroatoms. The van der Waals surface area contributed by atoms with Crippen molar-refractivity contribution < 1.29 is 14.6 Å². The number of nitrogens with one attached hydrogen (secondary N) is 2. The maximum Gasteiger partial charge on any atom is 0.253 e. The molecule has 116 valence electrons. The minimum atomic E-state index is -0.294. The molecule has 0 bridgehead atoms. The van der Waals surface area contributed by atoms with Crippen LogP contribution < -0.4 is 15.4 Å². The molecule has 5 nitrogen and oxygen atoms in total. The molecule has 0 spiro atoms. The van der Waals surface area contributed by atoms with Crippen molar-refractivity contribution in [2.45, 2.75) is 13.0 Å². The van der Waals surface area contributed by atoms with Crippen LogP contribution in [0.3, 0.4) is 0 Å². The topological polar surface area (TPSA) is 70.6 Å². The van der Waals surface area contributed by atoms with E-state index in [4.69, 9.17) is 9.84 Å². The highest BCUT2D eigenvalue weighted by Crippen LogP contribution is 2.24. The second-order valence-corrected chi connectivity index (χ2v) is 4.96. The minimum Gasteiger partial charge on any atom is -0.497 e. The zero-order chi connectivity index (χ0) is 15.9. The largest absolute Gasteiger partial charge is 0.497 e. The fourth-order valence-electron chi connectivity index (χ4n) is 1.99. The van der Waals surface area contributed by atoms with Gasteiger partial charge in [0.15, 0.2) is 0 Å². The molecule has 0 heterocycles. The van der Waals surface area contributed by atoms with Crippen molar-refractivity contribution in [1.82, 2.24) is 5.32 Å². The Morgan fingerprint density at radius 1 is 1.23 bits per heavy atom. The van der Waals surface area contributed by atoms with Crippen molar-refractivity contribution in [3.8, 4) is 5.75 Å². The first-order chi connectivity index (χ1) is 10.6. The first-order valence-electron chi connectivity index (χ1n) is 7.06. The van der Waals surface area contributed by atoms with Crippen molar-refractivity contribution >= 4 is 17.3 Å². The van der Waals surface area contributed by atoms with Crippen molar-refractivity contribution in [3.63, 3.8) is 0 Å². The standard InChI is InChI=1S/C17H20N2O3/c1-12(11-20)18-17(21)15-8-3-4-9-16(15)19-13-6-5-7-14(10-13)22-2/h3-10,12,19-20H,11H2,1-2H3,(H,18,21). The van der Waals surface area contributed by atoms with Crippen LogP contribution in [0.25, 0.3) is 0 Å². The maximum atomic E-state index is 12.3. The summed E-state index contributed by atoms with van der Waals surface area (Å²) in [6.07, 6.45) is 0. The van der Waals surface area contributed by atoms with E-state index in [1.165, 1.54) is 0 Å². The second kappa shape index (κ2) is 7.47. The Bertz CT molecular complexity index is 643. The summed E-state index contributed by atoms with van der Waals surface area (Å²) in [5, 5.41) is 15.0. The van der Waals surface area contributed by atoms with Gasteiger partial charge in [-0.3, -0.25) is 4.79 Å². The van der Waals surface area contributed by atoms with E-state index < -0.39 is 0 Å². The van der Waals surface area contributed by atoms with Crippen LogP contribution in [0.5, 0.6) is 5.75 Å². The van der Waals surface area contributed by atoms with E-state index in [1.807, 2.05) is 36.4 Å². The van der Waals surface area contributed by atoms with Crippen LogP contribution in [0.15, 0.2) is 48.5 Å². The lowest BCUT2D eigenvalue weighted by molar-refractivity contribution is 0.0923. The quantitative estimate of drug-likeness (QED) is 0.767. The number of carbonyl (C=O) groups is 1. The van der Waals surface area contributed by atoms with Crippen molar-refractivity contribution in [2.24, 2.45) is 0 Å². The van der Waals surface area contributed by atoms with E-state index >= 15 is 0 Å². The molecule has 0 aliphatic heterocycles. The summed E-state index contributed by atoms with van der Waals surface area (Å²) in [4.78, 5) is 12.3. The fourth-order valence-corrected chi connectivity index (χ4v) is 1.99. The Kier molecular flexibility index (Phi) is 5.38. The van der Waals surface area contributed by atoms with E-state index in [2.05, 4.69) is 10.6 Å². The van der Waals surface area contributed by atoms with Crippen LogP contribution >= 0.6 is 0 Å². The SMILES string of the molecule is COc1cccc(Nc2ccccc2C(=O)NC(C)CO)c1. The van der Waals surface area contributed by atoms with Crippen LogP contribution in [0, 0.1) is 0 Å². The molecule has 0 radical (unpaired) electrons. The molecule has 1 amide bonds. The Labute approximate surface area is 129 Å². The summed E-state index contributed by atoms with van der Waals surface area (Å²) in [5.74, 6) is 0.508. The minimum absolute atomic E-state index is 0.1000. The van der Waals surface area contributed by atoms with Gasteiger partial charge in [0.1, 0.15) is 5.75 Å². The fraction of sp³-hybridized carbons (Fsp3) is 0.235. The lowest BCUT2D eigenvalue weighted by Crippen LogP contribution is -2.35. The highest BCUT2D eigenvalue weighted by molar-refractivity contribution is 6.00. The van der Waals surface area contributed by atoms with E-state index in [-0.39, 0.29) is 18.6 Å². The van der Waals surface area contributed by atoms with Crippen molar-refractivity contribution in [1.29, 1.82) is 0 Å². The van der Waals surface area contributed by atoms with E-state index in [1.54, 1.807) is 26.2 Å². The molecular weight excluding hydrogens is 280 g/mol. The summed E-state index contributed by atoms with van der Waals surface area (Å²) in [6, 6.07) is 14.4. The van der Waals surface area contributed by atoms with E-state index in [0.717, 1.165) is 11.4 Å². The lowest BCUT2D eigenvalue weighted by atomic mass is 10.1. The van der Waals surface area contributed by atoms with E-state index in [9.17, 15) is 4.79 Å². The van der Waals surface area contributed by atoms with Gasteiger partial charge in [-0.1, -0.05) is 18.2 Å². The van der Waals surface area contributed by atoms with Gasteiger partial charge in [0.25, 0.3) is 5.91 Å². The summed E-state index contributed by atoms with van der Waals surface area (Å²) in [5.41, 5.74) is 2.04.